The Bertz CT molecular complexity index is 173. The van der Waals surface area contributed by atoms with Gasteiger partial charge >= 0.3 is 15.2 Å². The van der Waals surface area contributed by atoms with Gasteiger partial charge in [-0.25, -0.2) is 0 Å². The fraction of sp³-hybridized carbons (Fsp3) is 1.00. The summed E-state index contributed by atoms with van der Waals surface area (Å²) in [5.74, 6) is -1.38. The predicted octanol–water partition coefficient (Wildman–Crippen LogP) is -0.865. The highest BCUT2D eigenvalue weighted by Crippen LogP contribution is 2.51. The van der Waals surface area contributed by atoms with Gasteiger partial charge in [0.2, 0.25) is 0 Å². The third-order valence-electron chi connectivity index (χ3n) is 0.368. The summed E-state index contributed by atoms with van der Waals surface area (Å²) >= 11 is 0. The summed E-state index contributed by atoms with van der Waals surface area (Å²) in [5, 5.41) is 2.75. The quantitative estimate of drug-likeness (QED) is 0.383. The van der Waals surface area contributed by atoms with Gasteiger partial charge in [0.05, 0.1) is 0 Å². The van der Waals surface area contributed by atoms with Gasteiger partial charge < -0.3 is 24.9 Å². The molecule has 0 aliphatic rings. The molecule has 0 aromatic heterocycles. The van der Waals surface area contributed by atoms with E-state index in [4.69, 9.17) is 19.6 Å². The van der Waals surface area contributed by atoms with Crippen LogP contribution in [0.2, 0.25) is 0 Å². The van der Waals surface area contributed by atoms with Gasteiger partial charge in [0.25, 0.3) is 0 Å². The van der Waals surface area contributed by atoms with Crippen molar-refractivity contribution >= 4 is 15.2 Å². The standard InChI is InChI=1S/C2H7N.CH6O6P2/c1-3-2;2-8(3,4)1-9(5,6)7/h3H,1-2H3;1H2,(H2,2,3,4)(H2,5,6,7). The topological polar surface area (TPSA) is 127 Å². The third-order valence-corrected chi connectivity index (χ3v) is 3.32. The minimum atomic E-state index is -4.55. The Morgan fingerprint density at radius 3 is 1.17 bits per heavy atom. The number of rotatable bonds is 2. The van der Waals surface area contributed by atoms with Crippen LogP contribution >= 0.6 is 15.2 Å². The smallest absolute Gasteiger partial charge is 0.324 e. The van der Waals surface area contributed by atoms with Gasteiger partial charge in [-0.3, -0.25) is 9.13 Å². The highest BCUT2D eigenvalue weighted by Gasteiger charge is 2.26. The van der Waals surface area contributed by atoms with Crippen molar-refractivity contribution in [2.75, 3.05) is 20.0 Å². The SMILES string of the molecule is CNC.O=P(O)(O)CP(=O)(O)O. The third kappa shape index (κ3) is 22.5. The van der Waals surface area contributed by atoms with Crippen molar-refractivity contribution in [2.45, 2.75) is 0 Å². The molecule has 0 aromatic rings. The van der Waals surface area contributed by atoms with Gasteiger partial charge in [0.1, 0.15) is 0 Å². The number of hydrogen-bond donors (Lipinski definition) is 5. The normalized spacial score (nSPS) is 11.8. The van der Waals surface area contributed by atoms with Crippen LogP contribution in [0, 0.1) is 0 Å². The van der Waals surface area contributed by atoms with Crippen LogP contribution < -0.4 is 5.32 Å². The molecule has 0 unspecified atom stereocenters. The molecule has 0 bridgehead atoms. The largest absolute Gasteiger partial charge is 0.337 e. The second-order valence-corrected chi connectivity index (χ2v) is 5.76. The summed E-state index contributed by atoms with van der Waals surface area (Å²) in [6.45, 7) is 0. The Kier molecular flexibility index (Phi) is 7.17. The molecule has 12 heavy (non-hydrogen) atoms. The molecule has 76 valence electrons. The van der Waals surface area contributed by atoms with Crippen LogP contribution in [0.1, 0.15) is 0 Å². The molecule has 0 aliphatic heterocycles. The van der Waals surface area contributed by atoms with Crippen LogP contribution in [0.15, 0.2) is 0 Å². The van der Waals surface area contributed by atoms with E-state index < -0.39 is 21.1 Å². The van der Waals surface area contributed by atoms with E-state index in [1.54, 1.807) is 0 Å². The van der Waals surface area contributed by atoms with E-state index in [0.717, 1.165) is 0 Å². The summed E-state index contributed by atoms with van der Waals surface area (Å²) in [5.41, 5.74) is 0. The molecule has 0 atom stereocenters. The van der Waals surface area contributed by atoms with E-state index >= 15 is 0 Å². The van der Waals surface area contributed by atoms with Crippen LogP contribution in [0.3, 0.4) is 0 Å². The zero-order chi connectivity index (χ0) is 10.4. The van der Waals surface area contributed by atoms with Gasteiger partial charge in [0.15, 0.2) is 5.90 Å². The summed E-state index contributed by atoms with van der Waals surface area (Å²) in [7, 11) is -5.35. The van der Waals surface area contributed by atoms with Crippen LogP contribution in [0.25, 0.3) is 0 Å². The van der Waals surface area contributed by atoms with Crippen molar-refractivity contribution in [3.05, 3.63) is 0 Å². The zero-order valence-electron chi connectivity index (χ0n) is 6.71. The van der Waals surface area contributed by atoms with Crippen molar-refractivity contribution in [1.82, 2.24) is 5.32 Å². The lowest BCUT2D eigenvalue weighted by Crippen LogP contribution is -1.89. The summed E-state index contributed by atoms with van der Waals surface area (Å²) in [4.78, 5) is 31.9. The van der Waals surface area contributed by atoms with Gasteiger partial charge in [-0.1, -0.05) is 0 Å². The van der Waals surface area contributed by atoms with E-state index in [9.17, 15) is 9.13 Å². The molecule has 0 amide bonds. The summed E-state index contributed by atoms with van der Waals surface area (Å²) in [6.07, 6.45) is 0. The molecule has 0 aromatic carbocycles. The van der Waals surface area contributed by atoms with E-state index in [2.05, 4.69) is 5.32 Å². The maximum atomic E-state index is 9.85. The molecule has 0 rings (SSSR count). The Hall–Kier alpha value is 0.260. The Balaban J connectivity index is 0. The lowest BCUT2D eigenvalue weighted by atomic mass is 11.3. The lowest BCUT2D eigenvalue weighted by Gasteiger charge is -2.03. The van der Waals surface area contributed by atoms with Crippen LogP contribution in [-0.4, -0.2) is 39.6 Å². The van der Waals surface area contributed by atoms with Gasteiger partial charge in [0, 0.05) is 0 Å². The first-order valence-electron chi connectivity index (χ1n) is 2.80. The average Bonchev–Trinajstić information content (AvgIpc) is 1.53. The van der Waals surface area contributed by atoms with Gasteiger partial charge in [-0.05, 0) is 14.1 Å². The van der Waals surface area contributed by atoms with E-state index in [1.807, 2.05) is 14.1 Å². The minimum Gasteiger partial charge on any atom is -0.324 e. The predicted molar refractivity (Wildman–Crippen MR) is 43.9 cm³/mol. The van der Waals surface area contributed by atoms with Crippen molar-refractivity contribution < 1.29 is 28.7 Å². The lowest BCUT2D eigenvalue weighted by molar-refractivity contribution is 0.357. The molecule has 0 aliphatic carbocycles. The monoisotopic (exact) mass is 221 g/mol. The first-order chi connectivity index (χ1) is 5.12. The molecule has 0 saturated carbocycles. The zero-order valence-corrected chi connectivity index (χ0v) is 8.50. The fourth-order valence-corrected chi connectivity index (χ4v) is 2.16. The Morgan fingerprint density at radius 2 is 1.17 bits per heavy atom. The van der Waals surface area contributed by atoms with Crippen molar-refractivity contribution in [3.63, 3.8) is 0 Å². The second kappa shape index (κ2) is 5.83. The van der Waals surface area contributed by atoms with Crippen molar-refractivity contribution in [3.8, 4) is 0 Å². The highest BCUT2D eigenvalue weighted by atomic mass is 31.2. The Labute approximate surface area is 70.1 Å². The van der Waals surface area contributed by atoms with E-state index in [1.165, 1.54) is 0 Å². The molecule has 5 N–H and O–H groups in total. The maximum absolute atomic E-state index is 9.85. The first-order valence-corrected chi connectivity index (χ1v) is 6.39. The summed E-state index contributed by atoms with van der Waals surface area (Å²) in [6, 6.07) is 0. The molecule has 0 saturated heterocycles. The number of hydrogen-bond acceptors (Lipinski definition) is 3. The molecule has 0 spiro atoms. The van der Waals surface area contributed by atoms with Crippen LogP contribution in [0.4, 0.5) is 0 Å². The first kappa shape index (κ1) is 14.8. The molecule has 0 heterocycles. The molecule has 9 heteroatoms. The van der Waals surface area contributed by atoms with Crippen molar-refractivity contribution in [1.29, 1.82) is 0 Å². The average molecular weight is 221 g/mol. The molecule has 0 radical (unpaired) electrons. The van der Waals surface area contributed by atoms with E-state index in [-0.39, 0.29) is 0 Å². The molecule has 0 fully saturated rings. The number of nitrogens with one attached hydrogen (secondary N) is 1. The van der Waals surface area contributed by atoms with Crippen LogP contribution in [-0.2, 0) is 9.13 Å². The fourth-order valence-electron chi connectivity index (χ4n) is 0.240. The van der Waals surface area contributed by atoms with Gasteiger partial charge in [-0.15, -0.1) is 0 Å². The summed E-state index contributed by atoms with van der Waals surface area (Å²) < 4.78 is 19.7. The van der Waals surface area contributed by atoms with E-state index in [0.29, 0.717) is 0 Å². The maximum Gasteiger partial charge on any atom is 0.337 e. The second-order valence-electron chi connectivity index (χ2n) is 1.97. The van der Waals surface area contributed by atoms with Crippen LogP contribution in [0.5, 0.6) is 0 Å². The van der Waals surface area contributed by atoms with Gasteiger partial charge in [-0.2, -0.15) is 0 Å². The Morgan fingerprint density at radius 1 is 1.00 bits per heavy atom. The van der Waals surface area contributed by atoms with Crippen molar-refractivity contribution in [2.24, 2.45) is 0 Å². The molecular formula is C3H13NO6P2. The molecular weight excluding hydrogens is 208 g/mol. The minimum absolute atomic E-state index is 1.38. The highest BCUT2D eigenvalue weighted by molar-refractivity contribution is 7.69. The molecule has 7 nitrogen and oxygen atoms in total.